The number of rotatable bonds is 1. The molecule has 0 rings (SSSR count). The van der Waals surface area contributed by atoms with Crippen LogP contribution in [0.25, 0.3) is 0 Å². The SMILES string of the molecule is CS(=O)N=C(N)N. The Balaban J connectivity index is 3.68. The molecule has 0 amide bonds. The first-order chi connectivity index (χ1) is 3.13. The van der Waals surface area contributed by atoms with Gasteiger partial charge in [-0.3, -0.25) is 0 Å². The van der Waals surface area contributed by atoms with Gasteiger partial charge in [-0.25, -0.2) is 4.21 Å². The van der Waals surface area contributed by atoms with Crippen molar-refractivity contribution in [3.8, 4) is 0 Å². The maximum Gasteiger partial charge on any atom is 0.200 e. The van der Waals surface area contributed by atoms with Gasteiger partial charge in [0, 0.05) is 6.26 Å². The zero-order valence-corrected chi connectivity index (χ0v) is 4.73. The van der Waals surface area contributed by atoms with E-state index in [9.17, 15) is 4.21 Å². The van der Waals surface area contributed by atoms with E-state index in [1.807, 2.05) is 0 Å². The van der Waals surface area contributed by atoms with Crippen molar-refractivity contribution in [2.24, 2.45) is 15.9 Å². The largest absolute Gasteiger partial charge is 0.369 e. The van der Waals surface area contributed by atoms with E-state index in [-0.39, 0.29) is 5.96 Å². The van der Waals surface area contributed by atoms with E-state index in [4.69, 9.17) is 11.5 Å². The third-order valence-corrected chi connectivity index (χ3v) is 0.702. The molecule has 0 aromatic rings. The van der Waals surface area contributed by atoms with Gasteiger partial charge in [0.2, 0.25) is 0 Å². The summed E-state index contributed by atoms with van der Waals surface area (Å²) in [6.45, 7) is 0. The molecule has 0 aromatic heterocycles. The summed E-state index contributed by atoms with van der Waals surface area (Å²) in [6.07, 6.45) is 1.39. The zero-order valence-electron chi connectivity index (χ0n) is 3.92. The van der Waals surface area contributed by atoms with Crippen molar-refractivity contribution in [1.29, 1.82) is 0 Å². The Bertz CT molecular complexity index is 106. The van der Waals surface area contributed by atoms with Gasteiger partial charge >= 0.3 is 0 Å². The molecule has 0 saturated carbocycles. The number of hydrogen-bond donors (Lipinski definition) is 2. The highest BCUT2D eigenvalue weighted by Gasteiger charge is 1.79. The van der Waals surface area contributed by atoms with Gasteiger partial charge in [0.1, 0.15) is 11.0 Å². The van der Waals surface area contributed by atoms with Gasteiger partial charge in [-0.2, -0.15) is 4.40 Å². The highest BCUT2D eigenvalue weighted by atomic mass is 32.2. The molecule has 4 N–H and O–H groups in total. The summed E-state index contributed by atoms with van der Waals surface area (Å²) < 4.78 is 13.2. The van der Waals surface area contributed by atoms with E-state index in [0.29, 0.717) is 0 Å². The van der Waals surface area contributed by atoms with Crippen molar-refractivity contribution in [3.05, 3.63) is 0 Å². The maximum atomic E-state index is 10.0. The summed E-state index contributed by atoms with van der Waals surface area (Å²) >= 11 is 0. The number of guanidine groups is 1. The summed E-state index contributed by atoms with van der Waals surface area (Å²) in [4.78, 5) is 0. The van der Waals surface area contributed by atoms with Crippen molar-refractivity contribution in [3.63, 3.8) is 0 Å². The molecule has 0 bridgehead atoms. The van der Waals surface area contributed by atoms with E-state index < -0.39 is 11.0 Å². The lowest BCUT2D eigenvalue weighted by molar-refractivity contribution is 0.688. The first-order valence-corrected chi connectivity index (χ1v) is 3.07. The second-order valence-corrected chi connectivity index (χ2v) is 1.97. The molecule has 7 heavy (non-hydrogen) atoms. The molecule has 0 aromatic carbocycles. The predicted molar refractivity (Wildman–Crippen MR) is 29.9 cm³/mol. The first kappa shape index (κ1) is 6.42. The van der Waals surface area contributed by atoms with Crippen LogP contribution in [0.15, 0.2) is 4.40 Å². The Morgan fingerprint density at radius 1 is 1.71 bits per heavy atom. The molecule has 4 nitrogen and oxygen atoms in total. The van der Waals surface area contributed by atoms with E-state index in [0.717, 1.165) is 0 Å². The third-order valence-electron chi connectivity index (χ3n) is 0.234. The smallest absolute Gasteiger partial charge is 0.200 e. The highest BCUT2D eigenvalue weighted by molar-refractivity contribution is 7.83. The fraction of sp³-hybridized carbons (Fsp3) is 0.500. The Kier molecular flexibility index (Phi) is 2.36. The third kappa shape index (κ3) is 5.42. The van der Waals surface area contributed by atoms with Gasteiger partial charge in [-0.1, -0.05) is 0 Å². The average Bonchev–Trinajstić information content (AvgIpc) is 1.27. The van der Waals surface area contributed by atoms with Crippen molar-refractivity contribution in [2.45, 2.75) is 0 Å². The second kappa shape index (κ2) is 2.57. The van der Waals surface area contributed by atoms with Crippen molar-refractivity contribution < 1.29 is 4.21 Å². The maximum absolute atomic E-state index is 10.0. The van der Waals surface area contributed by atoms with Gasteiger partial charge in [0.05, 0.1) is 0 Å². The molecule has 1 atom stereocenters. The fourth-order valence-corrected chi connectivity index (χ4v) is 0.445. The van der Waals surface area contributed by atoms with Crippen LogP contribution in [0.4, 0.5) is 0 Å². The van der Waals surface area contributed by atoms with Crippen LogP contribution in [-0.4, -0.2) is 16.4 Å². The molecular weight excluding hydrogens is 114 g/mol. The van der Waals surface area contributed by atoms with Crippen molar-refractivity contribution in [2.75, 3.05) is 6.26 Å². The van der Waals surface area contributed by atoms with Gasteiger partial charge in [-0.15, -0.1) is 0 Å². The minimum atomic E-state index is -1.26. The molecule has 1 unspecified atom stereocenters. The van der Waals surface area contributed by atoms with Gasteiger partial charge in [0.15, 0.2) is 5.96 Å². The second-order valence-electron chi connectivity index (χ2n) is 0.940. The molecule has 0 fully saturated rings. The van der Waals surface area contributed by atoms with Gasteiger partial charge in [-0.05, 0) is 0 Å². The van der Waals surface area contributed by atoms with E-state index in [1.54, 1.807) is 0 Å². The van der Waals surface area contributed by atoms with E-state index in [2.05, 4.69) is 4.40 Å². The van der Waals surface area contributed by atoms with Gasteiger partial charge < -0.3 is 11.5 Å². The fourth-order valence-electron chi connectivity index (χ4n) is 0.148. The summed E-state index contributed by atoms with van der Waals surface area (Å²) in [5, 5.41) is 0. The molecule has 5 heteroatoms. The Morgan fingerprint density at radius 3 is 2.14 bits per heavy atom. The molecule has 0 heterocycles. The molecule has 0 radical (unpaired) electrons. The molecule has 0 aliphatic rings. The summed E-state index contributed by atoms with van der Waals surface area (Å²) in [6, 6.07) is 0. The summed E-state index contributed by atoms with van der Waals surface area (Å²) in [5.74, 6) is -0.138. The Hall–Kier alpha value is -0.580. The van der Waals surface area contributed by atoms with Crippen LogP contribution in [0, 0.1) is 0 Å². The van der Waals surface area contributed by atoms with E-state index >= 15 is 0 Å². The Morgan fingerprint density at radius 2 is 2.14 bits per heavy atom. The minimum absolute atomic E-state index is 0.138. The molecule has 0 spiro atoms. The monoisotopic (exact) mass is 121 g/mol. The van der Waals surface area contributed by atoms with Crippen LogP contribution in [-0.2, 0) is 11.0 Å². The standard InChI is InChI=1S/C2H7N3OS/c1-7(6)5-2(3)4/h1H3,(H4,3,4,5). The van der Waals surface area contributed by atoms with Crippen LogP contribution in [0.5, 0.6) is 0 Å². The van der Waals surface area contributed by atoms with E-state index in [1.165, 1.54) is 6.26 Å². The Labute approximate surface area is 44.2 Å². The van der Waals surface area contributed by atoms with Crippen LogP contribution in [0.1, 0.15) is 0 Å². The zero-order chi connectivity index (χ0) is 5.86. The molecule has 0 aliphatic heterocycles. The quantitative estimate of drug-likeness (QED) is 0.329. The number of nitrogens with zero attached hydrogens (tertiary/aromatic N) is 1. The highest BCUT2D eigenvalue weighted by Crippen LogP contribution is 1.69. The van der Waals surface area contributed by atoms with Crippen LogP contribution < -0.4 is 11.5 Å². The average molecular weight is 121 g/mol. The molecular formula is C2H7N3OS. The normalized spacial score (nSPS) is 12.7. The predicted octanol–water partition coefficient (Wildman–Crippen LogP) is -1.45. The lowest BCUT2D eigenvalue weighted by Gasteiger charge is -1.82. The molecule has 0 saturated heterocycles. The van der Waals surface area contributed by atoms with Gasteiger partial charge in [0.25, 0.3) is 0 Å². The van der Waals surface area contributed by atoms with Crippen molar-refractivity contribution in [1.82, 2.24) is 0 Å². The van der Waals surface area contributed by atoms with Crippen LogP contribution in [0.3, 0.4) is 0 Å². The minimum Gasteiger partial charge on any atom is -0.369 e. The molecule has 42 valence electrons. The lowest BCUT2D eigenvalue weighted by atomic mass is 11.1. The molecule has 0 aliphatic carbocycles. The summed E-state index contributed by atoms with van der Waals surface area (Å²) in [5.41, 5.74) is 9.66. The van der Waals surface area contributed by atoms with Crippen molar-refractivity contribution >= 4 is 16.9 Å². The number of hydrogen-bond acceptors (Lipinski definition) is 1. The van der Waals surface area contributed by atoms with Crippen LogP contribution >= 0.6 is 0 Å². The van der Waals surface area contributed by atoms with Crippen LogP contribution in [0.2, 0.25) is 0 Å². The summed E-state index contributed by atoms with van der Waals surface area (Å²) in [7, 11) is -1.26. The lowest BCUT2D eigenvalue weighted by Crippen LogP contribution is -2.22. The first-order valence-electron chi connectivity index (χ1n) is 1.56. The topological polar surface area (TPSA) is 81.5 Å². The number of nitrogens with two attached hydrogens (primary N) is 2.